The fourth-order valence-electron chi connectivity index (χ4n) is 3.27. The molecular weight excluding hydrogens is 376 g/mol. The number of ether oxygens (including phenoxy) is 1. The topological polar surface area (TPSA) is 82.6 Å². The zero-order chi connectivity index (χ0) is 19.9. The number of furan rings is 1. The minimum Gasteiger partial charge on any atom is -0.463 e. The third-order valence-electron chi connectivity index (χ3n) is 4.73. The van der Waals surface area contributed by atoms with E-state index < -0.39 is 5.97 Å². The zero-order valence-electron chi connectivity index (χ0n) is 16.2. The molecule has 0 spiro atoms. The van der Waals surface area contributed by atoms with E-state index in [4.69, 9.17) is 9.68 Å². The molecule has 0 radical (unpaired) electrons. The van der Waals surface area contributed by atoms with Gasteiger partial charge in [-0.3, -0.25) is 9.80 Å². The Morgan fingerprint density at radius 3 is 2.64 bits per heavy atom. The highest BCUT2D eigenvalue weighted by Crippen LogP contribution is 2.19. The summed E-state index contributed by atoms with van der Waals surface area (Å²) in [5, 5.41) is 9.93. The van der Waals surface area contributed by atoms with Gasteiger partial charge in [0.15, 0.2) is 0 Å². The van der Waals surface area contributed by atoms with E-state index in [1.54, 1.807) is 6.07 Å². The molecule has 0 bridgehead atoms. The molecule has 28 heavy (non-hydrogen) atoms. The number of nitrogens with zero attached hydrogens (tertiary/aromatic N) is 4. The highest BCUT2D eigenvalue weighted by atomic mass is 32.2. The van der Waals surface area contributed by atoms with Crippen molar-refractivity contribution in [2.75, 3.05) is 39.5 Å². The van der Waals surface area contributed by atoms with Crippen LogP contribution in [-0.2, 0) is 17.8 Å². The molecule has 3 rings (SSSR count). The van der Waals surface area contributed by atoms with E-state index in [1.807, 2.05) is 24.5 Å². The van der Waals surface area contributed by atoms with Gasteiger partial charge in [0.2, 0.25) is 5.76 Å². The molecule has 0 aromatic carbocycles. The maximum absolute atomic E-state index is 11.5. The molecule has 0 aliphatic carbocycles. The maximum atomic E-state index is 11.5. The van der Waals surface area contributed by atoms with Crippen molar-refractivity contribution in [2.45, 2.75) is 24.5 Å². The van der Waals surface area contributed by atoms with Crippen LogP contribution < -0.4 is 0 Å². The summed E-state index contributed by atoms with van der Waals surface area (Å²) in [7, 11) is 1.35. The van der Waals surface area contributed by atoms with Crippen molar-refractivity contribution in [3.8, 4) is 6.07 Å². The minimum atomic E-state index is -0.451. The van der Waals surface area contributed by atoms with E-state index in [-0.39, 0.29) is 5.76 Å². The summed E-state index contributed by atoms with van der Waals surface area (Å²) >= 11 is 1.50. The Balaban J connectivity index is 1.55. The molecule has 0 atom stereocenters. The molecule has 3 heterocycles. The van der Waals surface area contributed by atoms with E-state index in [2.05, 4.69) is 25.6 Å². The molecule has 8 heteroatoms. The lowest BCUT2D eigenvalue weighted by atomic mass is 10.2. The largest absolute Gasteiger partial charge is 0.463 e. The van der Waals surface area contributed by atoms with E-state index in [0.29, 0.717) is 12.1 Å². The van der Waals surface area contributed by atoms with Crippen molar-refractivity contribution in [3.63, 3.8) is 0 Å². The summed E-state index contributed by atoms with van der Waals surface area (Å²) in [6.45, 7) is 5.28. The van der Waals surface area contributed by atoms with Gasteiger partial charge in [0.25, 0.3) is 0 Å². The molecular formula is C20H24N4O3S. The Kier molecular flexibility index (Phi) is 7.09. The van der Waals surface area contributed by atoms with Gasteiger partial charge in [-0.15, -0.1) is 11.8 Å². The summed E-state index contributed by atoms with van der Waals surface area (Å²) in [5.74, 6) is 0.561. The number of esters is 1. The number of carbonyl (C=O) groups excluding carboxylic acids is 1. The number of aromatic nitrogens is 1. The average Bonchev–Trinajstić information content (AvgIpc) is 3.08. The first-order valence-electron chi connectivity index (χ1n) is 9.18. The molecule has 1 saturated heterocycles. The third-order valence-corrected chi connectivity index (χ3v) is 5.42. The molecule has 148 valence electrons. The quantitative estimate of drug-likeness (QED) is 0.541. The fourth-order valence-corrected chi connectivity index (χ4v) is 3.81. The molecule has 0 saturated carbocycles. The van der Waals surface area contributed by atoms with E-state index in [9.17, 15) is 4.79 Å². The van der Waals surface area contributed by atoms with E-state index in [1.165, 1.54) is 18.9 Å². The molecule has 1 fully saturated rings. The predicted octanol–water partition coefficient (Wildman–Crippen LogP) is 2.76. The molecule has 1 aliphatic heterocycles. The number of carbonyl (C=O) groups is 1. The van der Waals surface area contributed by atoms with Crippen LogP contribution in [0.15, 0.2) is 33.7 Å². The van der Waals surface area contributed by atoms with Gasteiger partial charge in [-0.2, -0.15) is 5.26 Å². The van der Waals surface area contributed by atoms with Gasteiger partial charge in [0.05, 0.1) is 24.9 Å². The first-order valence-corrected chi connectivity index (χ1v) is 10.4. The van der Waals surface area contributed by atoms with Crippen molar-refractivity contribution < 1.29 is 13.9 Å². The monoisotopic (exact) mass is 400 g/mol. The lowest BCUT2D eigenvalue weighted by molar-refractivity contribution is 0.0561. The molecule has 7 nitrogen and oxygen atoms in total. The molecule has 0 unspecified atom stereocenters. The Hall–Kier alpha value is -2.34. The third kappa shape index (κ3) is 5.13. The van der Waals surface area contributed by atoms with Crippen LogP contribution in [0.2, 0.25) is 0 Å². The van der Waals surface area contributed by atoms with Crippen molar-refractivity contribution in [3.05, 3.63) is 47.0 Å². The Bertz CT molecular complexity index is 861. The van der Waals surface area contributed by atoms with Crippen molar-refractivity contribution in [1.29, 1.82) is 5.26 Å². The first-order chi connectivity index (χ1) is 13.6. The van der Waals surface area contributed by atoms with Crippen molar-refractivity contribution in [2.24, 2.45) is 0 Å². The van der Waals surface area contributed by atoms with Gasteiger partial charge in [-0.25, -0.2) is 9.78 Å². The van der Waals surface area contributed by atoms with Crippen LogP contribution in [0.1, 0.15) is 34.0 Å². The number of pyridine rings is 1. The molecule has 0 amide bonds. The highest BCUT2D eigenvalue weighted by Gasteiger charge is 2.18. The Morgan fingerprint density at radius 2 is 1.96 bits per heavy atom. The van der Waals surface area contributed by atoms with Gasteiger partial charge in [0, 0.05) is 19.6 Å². The van der Waals surface area contributed by atoms with Crippen LogP contribution in [0, 0.1) is 11.3 Å². The highest BCUT2D eigenvalue weighted by molar-refractivity contribution is 7.98. The Labute approximate surface area is 169 Å². The smallest absolute Gasteiger partial charge is 0.373 e. The summed E-state index contributed by atoms with van der Waals surface area (Å²) in [4.78, 5) is 20.9. The summed E-state index contributed by atoms with van der Waals surface area (Å²) in [6.07, 6.45) is 2.99. The van der Waals surface area contributed by atoms with Gasteiger partial charge < -0.3 is 9.15 Å². The minimum absolute atomic E-state index is 0.241. The summed E-state index contributed by atoms with van der Waals surface area (Å²) in [6, 6.07) is 9.48. The molecule has 1 aliphatic rings. The number of thioether (sulfide) groups is 1. The van der Waals surface area contributed by atoms with E-state index in [0.717, 1.165) is 55.6 Å². The SMILES string of the molecule is COC(=O)c1ccc(CN2CCCN(Cc3ccc(C#N)c(SC)n3)CC2)o1. The summed E-state index contributed by atoms with van der Waals surface area (Å²) < 4.78 is 10.3. The molecule has 0 N–H and O–H groups in total. The number of hydrogen-bond acceptors (Lipinski definition) is 8. The van der Waals surface area contributed by atoms with Crippen molar-refractivity contribution in [1.82, 2.24) is 14.8 Å². The van der Waals surface area contributed by atoms with Crippen LogP contribution >= 0.6 is 11.8 Å². The molecule has 2 aromatic rings. The van der Waals surface area contributed by atoms with Gasteiger partial charge in [-0.05, 0) is 50.0 Å². The summed E-state index contributed by atoms with van der Waals surface area (Å²) in [5.41, 5.74) is 1.62. The second-order valence-electron chi connectivity index (χ2n) is 6.63. The van der Waals surface area contributed by atoms with E-state index >= 15 is 0 Å². The number of rotatable bonds is 6. The lowest BCUT2D eigenvalue weighted by Crippen LogP contribution is -2.30. The first kappa shape index (κ1) is 20.4. The van der Waals surface area contributed by atoms with Crippen LogP contribution in [-0.4, -0.2) is 60.3 Å². The standard InChI is InChI=1S/C20H24N4O3S/c1-26-20(25)18-7-6-17(27-18)14-24-9-3-8-23(10-11-24)13-16-5-4-15(12-21)19(22-16)28-2/h4-7H,3,8-11,13-14H2,1-2H3. The Morgan fingerprint density at radius 1 is 1.21 bits per heavy atom. The van der Waals surface area contributed by atoms with Gasteiger partial charge in [-0.1, -0.05) is 0 Å². The maximum Gasteiger partial charge on any atom is 0.373 e. The second-order valence-corrected chi connectivity index (χ2v) is 7.43. The molecule has 2 aromatic heterocycles. The van der Waals surface area contributed by atoms with Gasteiger partial charge >= 0.3 is 5.97 Å². The fraction of sp³-hybridized carbons (Fsp3) is 0.450. The average molecular weight is 401 g/mol. The van der Waals surface area contributed by atoms with Crippen LogP contribution in [0.4, 0.5) is 0 Å². The van der Waals surface area contributed by atoms with Crippen LogP contribution in [0.5, 0.6) is 0 Å². The van der Waals surface area contributed by atoms with Crippen LogP contribution in [0.25, 0.3) is 0 Å². The van der Waals surface area contributed by atoms with Crippen LogP contribution in [0.3, 0.4) is 0 Å². The zero-order valence-corrected chi connectivity index (χ0v) is 17.0. The lowest BCUT2D eigenvalue weighted by Gasteiger charge is -2.21. The number of hydrogen-bond donors (Lipinski definition) is 0. The number of nitriles is 1. The van der Waals surface area contributed by atoms with Gasteiger partial charge in [0.1, 0.15) is 16.9 Å². The van der Waals surface area contributed by atoms with Crippen molar-refractivity contribution >= 4 is 17.7 Å². The predicted molar refractivity (Wildman–Crippen MR) is 106 cm³/mol. The second kappa shape index (κ2) is 9.73. The normalized spacial score (nSPS) is 15.8. The number of methoxy groups -OCH3 is 1.